The van der Waals surface area contributed by atoms with E-state index in [9.17, 15) is 28.3 Å². The van der Waals surface area contributed by atoms with Crippen LogP contribution >= 0.6 is 11.8 Å². The Kier molecular flexibility index (Phi) is 9.00. The van der Waals surface area contributed by atoms with Gasteiger partial charge in [0.1, 0.15) is 22.5 Å². The highest BCUT2D eigenvalue weighted by Gasteiger charge is 2.34. The number of nitriles is 1. The van der Waals surface area contributed by atoms with Gasteiger partial charge < -0.3 is 14.6 Å². The molecule has 4 rings (SSSR count). The van der Waals surface area contributed by atoms with Crippen LogP contribution in [0, 0.1) is 11.3 Å². The van der Waals surface area contributed by atoms with Crippen molar-refractivity contribution < 1.29 is 32.5 Å². The second-order valence-electron chi connectivity index (χ2n) is 8.65. The smallest absolute Gasteiger partial charge is 0.433 e. The normalized spacial score (nSPS) is 11.3. The second-order valence-corrected chi connectivity index (χ2v) is 9.62. The zero-order valence-corrected chi connectivity index (χ0v) is 22.7. The Morgan fingerprint density at radius 3 is 2.41 bits per heavy atom. The van der Waals surface area contributed by atoms with E-state index in [2.05, 4.69) is 4.98 Å². The summed E-state index contributed by atoms with van der Waals surface area (Å²) in [6, 6.07) is 20.7. The van der Waals surface area contributed by atoms with Crippen LogP contribution in [0.4, 0.5) is 13.2 Å². The van der Waals surface area contributed by atoms with Gasteiger partial charge in [-0.15, -0.1) is 11.8 Å². The average molecular weight is 577 g/mol. The highest BCUT2D eigenvalue weighted by molar-refractivity contribution is 7.98. The van der Waals surface area contributed by atoms with Crippen LogP contribution in [0.5, 0.6) is 17.2 Å². The summed E-state index contributed by atoms with van der Waals surface area (Å²) in [7, 11) is 2.85. The molecule has 0 spiro atoms. The third kappa shape index (κ3) is 6.88. The topological polar surface area (TPSA) is 92.4 Å². The fourth-order valence-corrected chi connectivity index (χ4v) is 4.97. The van der Waals surface area contributed by atoms with Crippen molar-refractivity contribution in [3.05, 3.63) is 107 Å². The number of phenolic OH excluding ortho intramolecular Hbond substituents is 1. The molecule has 0 saturated heterocycles. The van der Waals surface area contributed by atoms with Gasteiger partial charge in [0, 0.05) is 22.4 Å². The summed E-state index contributed by atoms with van der Waals surface area (Å²) in [4.78, 5) is 16.5. The Balaban J connectivity index is 1.64. The van der Waals surface area contributed by atoms with Crippen LogP contribution in [-0.2, 0) is 11.9 Å². The Bertz CT molecular complexity index is 1650. The molecule has 0 atom stereocenters. The van der Waals surface area contributed by atoms with E-state index < -0.39 is 11.9 Å². The fourth-order valence-electron chi connectivity index (χ4n) is 3.98. The second kappa shape index (κ2) is 12.6. The lowest BCUT2D eigenvalue weighted by molar-refractivity contribution is -0.141. The number of phenols is 1. The van der Waals surface area contributed by atoms with E-state index in [1.54, 1.807) is 54.6 Å². The molecule has 3 aromatic carbocycles. The molecule has 0 unspecified atom stereocenters. The lowest BCUT2D eigenvalue weighted by Gasteiger charge is -2.15. The molecule has 4 aromatic rings. The number of alkyl halides is 3. The number of allylic oxidation sites excluding steroid dienone is 1. The molecule has 1 N–H and O–H groups in total. The quantitative estimate of drug-likeness (QED) is 0.125. The van der Waals surface area contributed by atoms with Crippen LogP contribution in [0.15, 0.2) is 83.9 Å². The maximum absolute atomic E-state index is 13.7. The van der Waals surface area contributed by atoms with Crippen molar-refractivity contribution in [2.45, 2.75) is 17.0 Å². The number of carbonyl (C=O) groups excluding carboxylic acids is 1. The largest absolute Gasteiger partial charge is 0.504 e. The van der Waals surface area contributed by atoms with Crippen LogP contribution < -0.4 is 9.47 Å². The van der Waals surface area contributed by atoms with Crippen molar-refractivity contribution >= 4 is 23.6 Å². The number of hydrogen-bond donors (Lipinski definition) is 1. The molecular formula is C31H23F3N2O4S. The number of ketones is 1. The zero-order valence-electron chi connectivity index (χ0n) is 21.9. The number of methoxy groups -OCH3 is 2. The number of aromatic nitrogens is 1. The number of nitrogens with zero attached hydrogens (tertiary/aromatic N) is 2. The standard InChI is InChI=1S/C31H23F3N2O4S/c1-39-27-13-9-19(8-11-25(37)21-10-12-26(38)28(15-21)40-2)14-22(27)18-41-30-24(17-35)23(20-6-4-3-5-7-20)16-29(36-30)31(32,33)34/h3-16,38H,18H2,1-2H3/b11-8+. The monoisotopic (exact) mass is 576 g/mol. The summed E-state index contributed by atoms with van der Waals surface area (Å²) in [5.41, 5.74) is 1.15. The minimum atomic E-state index is -4.71. The number of ether oxygens (including phenoxy) is 2. The van der Waals surface area contributed by atoms with Crippen LogP contribution in [-0.4, -0.2) is 30.1 Å². The number of thioether (sulfide) groups is 1. The van der Waals surface area contributed by atoms with E-state index >= 15 is 0 Å². The van der Waals surface area contributed by atoms with Crippen LogP contribution in [0.3, 0.4) is 0 Å². The molecular weight excluding hydrogens is 553 g/mol. The van der Waals surface area contributed by atoms with Gasteiger partial charge in [0.15, 0.2) is 17.3 Å². The Labute approximate surface area is 238 Å². The highest BCUT2D eigenvalue weighted by Crippen LogP contribution is 2.38. The number of halogens is 3. The first-order valence-electron chi connectivity index (χ1n) is 12.1. The molecule has 6 nitrogen and oxygen atoms in total. The summed E-state index contributed by atoms with van der Waals surface area (Å²) in [6.07, 6.45) is -1.76. The summed E-state index contributed by atoms with van der Waals surface area (Å²) in [6.45, 7) is 0. The summed E-state index contributed by atoms with van der Waals surface area (Å²) >= 11 is 0.987. The number of pyridine rings is 1. The predicted molar refractivity (Wildman–Crippen MR) is 150 cm³/mol. The van der Waals surface area contributed by atoms with Gasteiger partial charge in [-0.1, -0.05) is 42.5 Å². The van der Waals surface area contributed by atoms with Crippen molar-refractivity contribution in [2.75, 3.05) is 14.2 Å². The zero-order chi connectivity index (χ0) is 29.6. The molecule has 1 aromatic heterocycles. The molecule has 0 aliphatic rings. The van der Waals surface area contributed by atoms with Gasteiger partial charge in [-0.05, 0) is 53.6 Å². The molecule has 0 fully saturated rings. The van der Waals surface area contributed by atoms with E-state index in [-0.39, 0.29) is 39.2 Å². The summed E-state index contributed by atoms with van der Waals surface area (Å²) in [5, 5.41) is 19.6. The Hall–Kier alpha value is -4.75. The first-order chi connectivity index (χ1) is 19.6. The minimum Gasteiger partial charge on any atom is -0.504 e. The Morgan fingerprint density at radius 2 is 1.76 bits per heavy atom. The third-order valence-corrected chi connectivity index (χ3v) is 7.06. The number of aromatic hydroxyl groups is 1. The molecule has 10 heteroatoms. The van der Waals surface area contributed by atoms with Crippen molar-refractivity contribution in [2.24, 2.45) is 0 Å². The number of hydrogen-bond acceptors (Lipinski definition) is 7. The maximum Gasteiger partial charge on any atom is 0.433 e. The maximum atomic E-state index is 13.7. The molecule has 41 heavy (non-hydrogen) atoms. The van der Waals surface area contributed by atoms with Crippen molar-refractivity contribution in [1.82, 2.24) is 4.98 Å². The van der Waals surface area contributed by atoms with Crippen LogP contribution in [0.25, 0.3) is 17.2 Å². The SMILES string of the molecule is COc1cc(C(=O)/C=C/c2ccc(OC)c(CSc3nc(C(F)(F)F)cc(-c4ccccc4)c3C#N)c2)ccc1O. The minimum absolute atomic E-state index is 0.0409. The molecule has 0 radical (unpaired) electrons. The first kappa shape index (κ1) is 29.2. The third-order valence-electron chi connectivity index (χ3n) is 6.03. The van der Waals surface area contributed by atoms with Gasteiger partial charge in [-0.25, -0.2) is 4.98 Å². The van der Waals surface area contributed by atoms with Gasteiger partial charge in [-0.3, -0.25) is 4.79 Å². The van der Waals surface area contributed by atoms with Gasteiger partial charge in [-0.2, -0.15) is 18.4 Å². The number of benzene rings is 3. The first-order valence-corrected chi connectivity index (χ1v) is 13.1. The summed E-state index contributed by atoms with van der Waals surface area (Å²) < 4.78 is 51.7. The van der Waals surface area contributed by atoms with Crippen molar-refractivity contribution in [3.63, 3.8) is 0 Å². The molecule has 0 bridgehead atoms. The van der Waals surface area contributed by atoms with E-state index in [4.69, 9.17) is 9.47 Å². The van der Waals surface area contributed by atoms with Gasteiger partial charge in [0.05, 0.1) is 19.8 Å². The van der Waals surface area contributed by atoms with Gasteiger partial charge in [0.25, 0.3) is 0 Å². The average Bonchev–Trinajstić information content (AvgIpc) is 2.98. The van der Waals surface area contributed by atoms with Crippen LogP contribution in [0.1, 0.15) is 32.7 Å². The van der Waals surface area contributed by atoms with E-state index in [1.165, 1.54) is 38.5 Å². The fraction of sp³-hybridized carbons (Fsp3) is 0.129. The lowest BCUT2D eigenvalue weighted by atomic mass is 10.0. The molecule has 1 heterocycles. The lowest BCUT2D eigenvalue weighted by Crippen LogP contribution is -2.10. The van der Waals surface area contributed by atoms with E-state index in [0.29, 0.717) is 28.0 Å². The summed E-state index contributed by atoms with van der Waals surface area (Å²) in [5.74, 6) is 0.387. The van der Waals surface area contributed by atoms with Crippen molar-refractivity contribution in [3.8, 4) is 34.4 Å². The van der Waals surface area contributed by atoms with Crippen molar-refractivity contribution in [1.29, 1.82) is 5.26 Å². The molecule has 0 saturated carbocycles. The molecule has 0 amide bonds. The van der Waals surface area contributed by atoms with Gasteiger partial charge in [0.2, 0.25) is 0 Å². The van der Waals surface area contributed by atoms with E-state index in [1.807, 2.05) is 6.07 Å². The predicted octanol–water partition coefficient (Wildman–Crippen LogP) is 7.55. The molecule has 208 valence electrons. The Morgan fingerprint density at radius 1 is 1.02 bits per heavy atom. The number of carbonyl (C=O) groups is 1. The van der Waals surface area contributed by atoms with Crippen LogP contribution in [0.2, 0.25) is 0 Å². The highest BCUT2D eigenvalue weighted by atomic mass is 32.2. The molecule has 0 aliphatic heterocycles. The number of rotatable bonds is 9. The van der Waals surface area contributed by atoms with Gasteiger partial charge >= 0.3 is 6.18 Å². The van der Waals surface area contributed by atoms with E-state index in [0.717, 1.165) is 17.8 Å². The molecule has 0 aliphatic carbocycles.